The van der Waals surface area contributed by atoms with Crippen LogP contribution in [0.15, 0.2) is 42.7 Å². The summed E-state index contributed by atoms with van der Waals surface area (Å²) in [6.07, 6.45) is -1.64. The number of nitrogens with two attached hydrogens (primary N) is 1. The molecular formula is C13H14F3N3. The van der Waals surface area contributed by atoms with E-state index < -0.39 is 18.3 Å². The van der Waals surface area contributed by atoms with Gasteiger partial charge in [0, 0.05) is 17.8 Å². The Bertz CT molecular complexity index is 532. The van der Waals surface area contributed by atoms with Crippen molar-refractivity contribution in [3.05, 3.63) is 42.7 Å². The highest BCUT2D eigenvalue weighted by molar-refractivity contribution is 5.61. The van der Waals surface area contributed by atoms with Crippen LogP contribution in [0.2, 0.25) is 0 Å². The zero-order chi connectivity index (χ0) is 14.0. The maximum Gasteiger partial charge on any atom is 0.412 e. The van der Waals surface area contributed by atoms with Crippen LogP contribution in [0.5, 0.6) is 0 Å². The van der Waals surface area contributed by atoms with Crippen molar-refractivity contribution in [2.75, 3.05) is 0 Å². The highest BCUT2D eigenvalue weighted by Gasteiger charge is 2.44. The van der Waals surface area contributed by atoms with Crippen molar-refractivity contribution in [1.29, 1.82) is 0 Å². The third-order valence-corrected chi connectivity index (χ3v) is 2.83. The fourth-order valence-electron chi connectivity index (χ4n) is 1.96. The van der Waals surface area contributed by atoms with Gasteiger partial charge in [0.1, 0.15) is 0 Å². The number of nitrogens with zero attached hydrogens (tertiary/aromatic N) is 2. The minimum Gasteiger partial charge on any atom is -0.326 e. The van der Waals surface area contributed by atoms with Crippen LogP contribution >= 0.6 is 0 Å². The SMILES string of the molecule is CC(N)C(n1cc(-c2ccccc2)cn1)C(F)(F)F. The van der Waals surface area contributed by atoms with E-state index in [1.807, 2.05) is 30.3 Å². The molecule has 0 radical (unpaired) electrons. The summed E-state index contributed by atoms with van der Waals surface area (Å²) in [4.78, 5) is 0. The van der Waals surface area contributed by atoms with E-state index in [0.29, 0.717) is 5.56 Å². The molecule has 0 aliphatic carbocycles. The van der Waals surface area contributed by atoms with Crippen molar-refractivity contribution in [2.45, 2.75) is 25.2 Å². The first-order valence-corrected chi connectivity index (χ1v) is 5.81. The maximum atomic E-state index is 12.9. The van der Waals surface area contributed by atoms with E-state index >= 15 is 0 Å². The quantitative estimate of drug-likeness (QED) is 0.930. The molecule has 1 aromatic heterocycles. The molecule has 1 aromatic carbocycles. The van der Waals surface area contributed by atoms with Gasteiger partial charge in [0.05, 0.1) is 6.20 Å². The summed E-state index contributed by atoms with van der Waals surface area (Å²) in [5.74, 6) is 0. The molecule has 102 valence electrons. The highest BCUT2D eigenvalue weighted by Crippen LogP contribution is 2.33. The van der Waals surface area contributed by atoms with Crippen LogP contribution in [0.25, 0.3) is 11.1 Å². The Morgan fingerprint density at radius 3 is 2.32 bits per heavy atom. The molecule has 0 saturated carbocycles. The van der Waals surface area contributed by atoms with E-state index in [-0.39, 0.29) is 0 Å². The molecule has 2 N–H and O–H groups in total. The molecule has 0 amide bonds. The lowest BCUT2D eigenvalue weighted by atomic mass is 10.1. The number of halogens is 3. The molecule has 6 heteroatoms. The molecule has 0 fully saturated rings. The van der Waals surface area contributed by atoms with Crippen molar-refractivity contribution in [3.63, 3.8) is 0 Å². The Labute approximate surface area is 108 Å². The molecule has 0 spiro atoms. The number of hydrogen-bond acceptors (Lipinski definition) is 2. The number of aromatic nitrogens is 2. The van der Waals surface area contributed by atoms with Gasteiger partial charge < -0.3 is 5.73 Å². The molecule has 0 aliphatic heterocycles. The summed E-state index contributed by atoms with van der Waals surface area (Å²) in [6.45, 7) is 1.32. The fraction of sp³-hybridized carbons (Fsp3) is 0.308. The van der Waals surface area contributed by atoms with E-state index in [1.165, 1.54) is 19.3 Å². The minimum absolute atomic E-state index is 0.635. The second-order valence-electron chi connectivity index (χ2n) is 4.42. The van der Waals surface area contributed by atoms with E-state index in [1.54, 1.807) is 0 Å². The normalized spacial score (nSPS) is 15.2. The summed E-state index contributed by atoms with van der Waals surface area (Å²) in [5.41, 5.74) is 6.88. The lowest BCUT2D eigenvalue weighted by Gasteiger charge is -2.23. The topological polar surface area (TPSA) is 43.8 Å². The van der Waals surface area contributed by atoms with Gasteiger partial charge in [-0.1, -0.05) is 30.3 Å². The van der Waals surface area contributed by atoms with Gasteiger partial charge in [-0.05, 0) is 12.5 Å². The van der Waals surface area contributed by atoms with E-state index in [4.69, 9.17) is 5.73 Å². The van der Waals surface area contributed by atoms with Crippen molar-refractivity contribution < 1.29 is 13.2 Å². The average molecular weight is 269 g/mol. The largest absolute Gasteiger partial charge is 0.412 e. The monoisotopic (exact) mass is 269 g/mol. The molecule has 19 heavy (non-hydrogen) atoms. The highest BCUT2D eigenvalue weighted by atomic mass is 19.4. The summed E-state index contributed by atoms with van der Waals surface area (Å²) in [5, 5.41) is 3.80. The van der Waals surface area contributed by atoms with Gasteiger partial charge >= 0.3 is 6.18 Å². The first-order chi connectivity index (χ1) is 8.89. The average Bonchev–Trinajstić information content (AvgIpc) is 2.77. The second-order valence-corrected chi connectivity index (χ2v) is 4.42. The van der Waals surface area contributed by atoms with Crippen LogP contribution in [-0.2, 0) is 0 Å². The van der Waals surface area contributed by atoms with Gasteiger partial charge in [0.25, 0.3) is 0 Å². The van der Waals surface area contributed by atoms with Crippen LogP contribution in [-0.4, -0.2) is 22.0 Å². The predicted octanol–water partition coefficient (Wildman–Crippen LogP) is 3.00. The third-order valence-electron chi connectivity index (χ3n) is 2.83. The van der Waals surface area contributed by atoms with Gasteiger partial charge in [-0.15, -0.1) is 0 Å². The van der Waals surface area contributed by atoms with Crippen LogP contribution in [0.3, 0.4) is 0 Å². The molecule has 0 aliphatic rings. The van der Waals surface area contributed by atoms with Gasteiger partial charge in [0.2, 0.25) is 0 Å². The number of hydrogen-bond donors (Lipinski definition) is 1. The standard InChI is InChI=1S/C13H14F3N3/c1-9(17)12(13(14,15)16)19-8-11(7-18-19)10-5-3-2-4-6-10/h2-9,12H,17H2,1H3. The molecule has 2 unspecified atom stereocenters. The second kappa shape index (κ2) is 5.05. The van der Waals surface area contributed by atoms with Crippen LogP contribution in [0, 0.1) is 0 Å². The Hall–Kier alpha value is -1.82. The van der Waals surface area contributed by atoms with Crippen molar-refractivity contribution >= 4 is 0 Å². The first kappa shape index (κ1) is 13.6. The zero-order valence-corrected chi connectivity index (χ0v) is 10.3. The van der Waals surface area contributed by atoms with Gasteiger partial charge in [0.15, 0.2) is 6.04 Å². The van der Waals surface area contributed by atoms with Crippen LogP contribution < -0.4 is 5.73 Å². The fourth-order valence-corrected chi connectivity index (χ4v) is 1.96. The molecule has 0 bridgehead atoms. The maximum absolute atomic E-state index is 12.9. The third kappa shape index (κ3) is 2.96. The van der Waals surface area contributed by atoms with E-state index in [0.717, 1.165) is 10.2 Å². The van der Waals surface area contributed by atoms with E-state index in [9.17, 15) is 13.2 Å². The van der Waals surface area contributed by atoms with Crippen molar-refractivity contribution in [1.82, 2.24) is 9.78 Å². The van der Waals surface area contributed by atoms with Crippen molar-refractivity contribution in [2.24, 2.45) is 5.73 Å². The number of rotatable bonds is 3. The molecule has 2 aromatic rings. The molecule has 1 heterocycles. The Balaban J connectivity index is 2.35. The minimum atomic E-state index is -4.42. The number of alkyl halides is 3. The first-order valence-electron chi connectivity index (χ1n) is 5.81. The predicted molar refractivity (Wildman–Crippen MR) is 66.4 cm³/mol. The molecule has 0 saturated heterocycles. The zero-order valence-electron chi connectivity index (χ0n) is 10.3. The van der Waals surface area contributed by atoms with Crippen molar-refractivity contribution in [3.8, 4) is 11.1 Å². The van der Waals surface area contributed by atoms with Crippen LogP contribution in [0.1, 0.15) is 13.0 Å². The lowest BCUT2D eigenvalue weighted by molar-refractivity contribution is -0.174. The summed E-state index contributed by atoms with van der Waals surface area (Å²) < 4.78 is 39.7. The van der Waals surface area contributed by atoms with Gasteiger partial charge in [-0.3, -0.25) is 4.68 Å². The molecule has 3 nitrogen and oxygen atoms in total. The Morgan fingerprint density at radius 1 is 1.16 bits per heavy atom. The Morgan fingerprint density at radius 2 is 1.79 bits per heavy atom. The van der Waals surface area contributed by atoms with Gasteiger partial charge in [-0.2, -0.15) is 18.3 Å². The molecular weight excluding hydrogens is 255 g/mol. The smallest absolute Gasteiger partial charge is 0.326 e. The number of benzene rings is 1. The Kier molecular flexibility index (Phi) is 3.61. The summed E-state index contributed by atoms with van der Waals surface area (Å²) in [7, 11) is 0. The molecule has 2 rings (SSSR count). The van der Waals surface area contributed by atoms with E-state index in [2.05, 4.69) is 5.10 Å². The van der Waals surface area contributed by atoms with Crippen LogP contribution in [0.4, 0.5) is 13.2 Å². The lowest BCUT2D eigenvalue weighted by Crippen LogP contribution is -2.40. The van der Waals surface area contributed by atoms with Gasteiger partial charge in [-0.25, -0.2) is 0 Å². The molecule has 2 atom stereocenters. The summed E-state index contributed by atoms with van der Waals surface area (Å²) >= 11 is 0. The summed E-state index contributed by atoms with van der Waals surface area (Å²) in [6, 6.07) is 6.23.